The summed E-state index contributed by atoms with van der Waals surface area (Å²) in [4.78, 5) is 2.14. The summed E-state index contributed by atoms with van der Waals surface area (Å²) in [6, 6.07) is 18.6. The van der Waals surface area contributed by atoms with Gasteiger partial charge < -0.3 is 10.0 Å². The predicted octanol–water partition coefficient (Wildman–Crippen LogP) is 4.57. The summed E-state index contributed by atoms with van der Waals surface area (Å²) >= 11 is 0. The van der Waals surface area contributed by atoms with Crippen LogP contribution < -0.4 is 0 Å². The molecule has 0 radical (unpaired) electrons. The molecule has 0 aliphatic rings. The first-order valence-corrected chi connectivity index (χ1v) is 8.98. The molecule has 134 valence electrons. The predicted molar refractivity (Wildman–Crippen MR) is 108 cm³/mol. The molecule has 0 saturated carbocycles. The summed E-state index contributed by atoms with van der Waals surface area (Å²) < 4.78 is 0. The standard InChI is InChI=1S/C23H31NO/c1-18-11-9-10-14-22(18)16-23(25,20(3)17-24(4)5)19(2)15-21-12-7-6-8-13-21/h6-15,20,25H,16-17H2,1-5H3. The highest BCUT2D eigenvalue weighted by atomic mass is 16.3. The Balaban J connectivity index is 2.41. The lowest BCUT2D eigenvalue weighted by Gasteiger charge is -2.37. The van der Waals surface area contributed by atoms with Crippen molar-refractivity contribution >= 4 is 6.08 Å². The lowest BCUT2D eigenvalue weighted by atomic mass is 9.76. The molecule has 2 unspecified atom stereocenters. The van der Waals surface area contributed by atoms with Crippen LogP contribution >= 0.6 is 0 Å². The summed E-state index contributed by atoms with van der Waals surface area (Å²) in [5, 5.41) is 11.7. The van der Waals surface area contributed by atoms with Gasteiger partial charge in [0, 0.05) is 18.9 Å². The Kier molecular flexibility index (Phi) is 6.57. The van der Waals surface area contributed by atoms with Crippen molar-refractivity contribution in [1.82, 2.24) is 4.90 Å². The molecule has 0 spiro atoms. The first kappa shape index (κ1) is 19.4. The second-order valence-corrected chi connectivity index (χ2v) is 7.43. The van der Waals surface area contributed by atoms with Gasteiger partial charge in [0.2, 0.25) is 0 Å². The van der Waals surface area contributed by atoms with Gasteiger partial charge in [-0.25, -0.2) is 0 Å². The van der Waals surface area contributed by atoms with Crippen molar-refractivity contribution in [3.63, 3.8) is 0 Å². The number of hydrogen-bond donors (Lipinski definition) is 1. The third-order valence-corrected chi connectivity index (χ3v) is 5.04. The minimum Gasteiger partial charge on any atom is -0.385 e. The number of nitrogens with zero attached hydrogens (tertiary/aromatic N) is 1. The van der Waals surface area contributed by atoms with Crippen molar-refractivity contribution in [2.45, 2.75) is 32.8 Å². The largest absolute Gasteiger partial charge is 0.385 e. The van der Waals surface area contributed by atoms with Crippen LogP contribution in [0.2, 0.25) is 0 Å². The molecule has 2 nitrogen and oxygen atoms in total. The van der Waals surface area contributed by atoms with E-state index in [-0.39, 0.29) is 5.92 Å². The summed E-state index contributed by atoms with van der Waals surface area (Å²) in [6.45, 7) is 7.14. The molecule has 0 aliphatic carbocycles. The van der Waals surface area contributed by atoms with Crippen molar-refractivity contribution in [3.05, 3.63) is 76.9 Å². The monoisotopic (exact) mass is 337 g/mol. The van der Waals surface area contributed by atoms with Crippen LogP contribution in [-0.2, 0) is 6.42 Å². The van der Waals surface area contributed by atoms with Crippen molar-refractivity contribution in [1.29, 1.82) is 0 Å². The van der Waals surface area contributed by atoms with Crippen LogP contribution in [0.25, 0.3) is 6.08 Å². The fourth-order valence-electron chi connectivity index (χ4n) is 3.42. The molecule has 2 aromatic carbocycles. The fraction of sp³-hybridized carbons (Fsp3) is 0.391. The molecule has 0 amide bonds. The van der Waals surface area contributed by atoms with Gasteiger partial charge in [0.25, 0.3) is 0 Å². The lowest BCUT2D eigenvalue weighted by molar-refractivity contribution is 0.0148. The number of hydrogen-bond acceptors (Lipinski definition) is 2. The van der Waals surface area contributed by atoms with E-state index in [4.69, 9.17) is 0 Å². The maximum Gasteiger partial charge on any atom is 0.0935 e. The first-order chi connectivity index (χ1) is 11.8. The molecule has 2 atom stereocenters. The zero-order valence-corrected chi connectivity index (χ0v) is 16.2. The van der Waals surface area contributed by atoms with Gasteiger partial charge in [0.05, 0.1) is 5.60 Å². The lowest BCUT2D eigenvalue weighted by Crippen LogP contribution is -2.44. The summed E-state index contributed by atoms with van der Waals surface area (Å²) in [5.41, 5.74) is 3.69. The van der Waals surface area contributed by atoms with Crippen LogP contribution in [0.4, 0.5) is 0 Å². The normalized spacial score (nSPS) is 15.9. The fourth-order valence-corrected chi connectivity index (χ4v) is 3.42. The molecule has 0 saturated heterocycles. The van der Waals surface area contributed by atoms with Crippen LogP contribution in [0.15, 0.2) is 60.2 Å². The Morgan fingerprint density at radius 2 is 1.68 bits per heavy atom. The molecule has 0 bridgehead atoms. The summed E-state index contributed by atoms with van der Waals surface area (Å²) in [5.74, 6) is 0.113. The molecule has 0 aromatic heterocycles. The topological polar surface area (TPSA) is 23.5 Å². The van der Waals surface area contributed by atoms with Gasteiger partial charge in [-0.15, -0.1) is 0 Å². The number of aryl methyl sites for hydroxylation is 1. The zero-order valence-electron chi connectivity index (χ0n) is 16.2. The van der Waals surface area contributed by atoms with E-state index in [0.717, 1.165) is 17.7 Å². The van der Waals surface area contributed by atoms with Crippen LogP contribution in [0, 0.1) is 12.8 Å². The van der Waals surface area contributed by atoms with E-state index in [2.05, 4.69) is 76.2 Å². The number of aliphatic hydroxyl groups is 1. The van der Waals surface area contributed by atoms with Gasteiger partial charge in [-0.1, -0.05) is 67.6 Å². The minimum absolute atomic E-state index is 0.113. The molecular weight excluding hydrogens is 306 g/mol. The van der Waals surface area contributed by atoms with Crippen LogP contribution in [-0.4, -0.2) is 36.2 Å². The van der Waals surface area contributed by atoms with E-state index < -0.39 is 5.60 Å². The number of benzene rings is 2. The highest BCUT2D eigenvalue weighted by Gasteiger charge is 2.36. The Hall–Kier alpha value is -1.90. The van der Waals surface area contributed by atoms with Gasteiger partial charge in [-0.3, -0.25) is 0 Å². The van der Waals surface area contributed by atoms with E-state index in [1.54, 1.807) is 0 Å². The van der Waals surface area contributed by atoms with Gasteiger partial charge >= 0.3 is 0 Å². The van der Waals surface area contributed by atoms with Gasteiger partial charge in [-0.05, 0) is 50.2 Å². The van der Waals surface area contributed by atoms with Crippen molar-refractivity contribution < 1.29 is 5.11 Å². The van der Waals surface area contributed by atoms with Crippen molar-refractivity contribution in [2.75, 3.05) is 20.6 Å². The van der Waals surface area contributed by atoms with Crippen LogP contribution in [0.1, 0.15) is 30.5 Å². The van der Waals surface area contributed by atoms with Gasteiger partial charge in [0.15, 0.2) is 0 Å². The maximum absolute atomic E-state index is 11.7. The first-order valence-electron chi connectivity index (χ1n) is 8.98. The average Bonchev–Trinajstić information content (AvgIpc) is 2.57. The Labute approximate surface area is 152 Å². The van der Waals surface area contributed by atoms with Gasteiger partial charge in [0.1, 0.15) is 0 Å². The molecule has 0 fully saturated rings. The minimum atomic E-state index is -0.883. The number of rotatable bonds is 7. The summed E-state index contributed by atoms with van der Waals surface area (Å²) in [6.07, 6.45) is 2.74. The molecule has 25 heavy (non-hydrogen) atoms. The molecule has 1 N–H and O–H groups in total. The molecule has 0 aliphatic heterocycles. The Morgan fingerprint density at radius 1 is 1.08 bits per heavy atom. The molecular formula is C23H31NO. The van der Waals surface area contributed by atoms with E-state index in [1.807, 2.05) is 24.3 Å². The molecule has 0 heterocycles. The maximum atomic E-state index is 11.7. The second kappa shape index (κ2) is 8.46. The van der Waals surface area contributed by atoms with E-state index in [1.165, 1.54) is 11.1 Å². The third kappa shape index (κ3) is 5.04. The highest BCUT2D eigenvalue weighted by molar-refractivity contribution is 5.55. The van der Waals surface area contributed by atoms with Gasteiger partial charge in [-0.2, -0.15) is 0 Å². The average molecular weight is 338 g/mol. The Morgan fingerprint density at radius 3 is 2.28 bits per heavy atom. The van der Waals surface area contributed by atoms with E-state index in [0.29, 0.717) is 6.42 Å². The smallest absolute Gasteiger partial charge is 0.0935 e. The van der Waals surface area contributed by atoms with E-state index >= 15 is 0 Å². The highest BCUT2D eigenvalue weighted by Crippen LogP contribution is 2.32. The summed E-state index contributed by atoms with van der Waals surface area (Å²) in [7, 11) is 4.11. The molecule has 2 heteroatoms. The SMILES string of the molecule is CC(=Cc1ccccc1)C(O)(Cc1ccccc1C)C(C)CN(C)C. The van der Waals surface area contributed by atoms with Crippen LogP contribution in [0.5, 0.6) is 0 Å². The van der Waals surface area contributed by atoms with E-state index in [9.17, 15) is 5.11 Å². The van der Waals surface area contributed by atoms with Crippen molar-refractivity contribution in [2.24, 2.45) is 5.92 Å². The Bertz CT molecular complexity index is 705. The van der Waals surface area contributed by atoms with Crippen LogP contribution in [0.3, 0.4) is 0 Å². The quantitative estimate of drug-likeness (QED) is 0.800. The molecule has 2 rings (SSSR count). The second-order valence-electron chi connectivity index (χ2n) is 7.43. The molecule has 2 aromatic rings. The zero-order chi connectivity index (χ0) is 18.4. The van der Waals surface area contributed by atoms with Crippen molar-refractivity contribution in [3.8, 4) is 0 Å². The third-order valence-electron chi connectivity index (χ3n) is 5.04.